The number of hydrazine groups is 1. The molecule has 1 aromatic rings. The van der Waals surface area contributed by atoms with Gasteiger partial charge in [-0.1, -0.05) is 18.5 Å². The molecule has 0 saturated carbocycles. The second-order valence-electron chi connectivity index (χ2n) is 5.27. The molecule has 0 aromatic heterocycles. The van der Waals surface area contributed by atoms with Gasteiger partial charge in [-0.25, -0.2) is 9.18 Å². The van der Waals surface area contributed by atoms with Crippen molar-refractivity contribution in [3.8, 4) is 0 Å². The molecule has 1 aliphatic heterocycles. The summed E-state index contributed by atoms with van der Waals surface area (Å²) < 4.78 is 13.0. The Balaban J connectivity index is 1.93. The van der Waals surface area contributed by atoms with Crippen LogP contribution in [0.1, 0.15) is 20.3 Å². The number of halogens is 2. The minimum absolute atomic E-state index is 0.0804. The number of hydrogen-bond donors (Lipinski definition) is 3. The van der Waals surface area contributed by atoms with Crippen LogP contribution in [0.2, 0.25) is 5.02 Å². The molecular weight excluding hydrogens is 327 g/mol. The first kappa shape index (κ1) is 17.0. The third-order valence-electron chi connectivity index (χ3n) is 3.58. The fourth-order valence-electron chi connectivity index (χ4n) is 1.98. The summed E-state index contributed by atoms with van der Waals surface area (Å²) in [5.41, 5.74) is 1.63. The number of carbonyl (C=O) groups is 3. The minimum Gasteiger partial charge on any atom is -0.376 e. The van der Waals surface area contributed by atoms with Gasteiger partial charge in [0.05, 0.1) is 11.6 Å². The molecule has 1 unspecified atom stereocenters. The molecule has 9 heteroatoms. The zero-order chi connectivity index (χ0) is 17.2. The summed E-state index contributed by atoms with van der Waals surface area (Å²) in [5, 5.41) is 5.81. The van der Waals surface area contributed by atoms with Gasteiger partial charge in [0, 0.05) is 5.69 Å². The van der Waals surface area contributed by atoms with Crippen LogP contribution in [0.3, 0.4) is 0 Å². The summed E-state index contributed by atoms with van der Waals surface area (Å²) in [7, 11) is 0. The van der Waals surface area contributed by atoms with Gasteiger partial charge in [0.1, 0.15) is 11.4 Å². The Morgan fingerprint density at radius 2 is 2.13 bits per heavy atom. The van der Waals surface area contributed by atoms with E-state index in [0.717, 1.165) is 6.07 Å². The third-order valence-corrected chi connectivity index (χ3v) is 3.87. The van der Waals surface area contributed by atoms with Gasteiger partial charge < -0.3 is 10.6 Å². The number of carbonyl (C=O) groups excluding carboxylic acids is 3. The number of anilines is 1. The highest BCUT2D eigenvalue weighted by atomic mass is 35.5. The molecule has 0 spiro atoms. The van der Waals surface area contributed by atoms with Gasteiger partial charge in [-0.3, -0.25) is 15.0 Å². The van der Waals surface area contributed by atoms with Crippen molar-refractivity contribution in [2.75, 3.05) is 11.9 Å². The van der Waals surface area contributed by atoms with Gasteiger partial charge in [0.15, 0.2) is 0 Å². The lowest BCUT2D eigenvalue weighted by Crippen LogP contribution is -2.50. The molecule has 2 rings (SSSR count). The summed E-state index contributed by atoms with van der Waals surface area (Å²) in [4.78, 5) is 35.7. The van der Waals surface area contributed by atoms with Crippen molar-refractivity contribution in [1.82, 2.24) is 15.8 Å². The minimum atomic E-state index is -1.03. The van der Waals surface area contributed by atoms with E-state index in [0.29, 0.717) is 17.1 Å². The maximum Gasteiger partial charge on any atom is 0.344 e. The molecular formula is C14H16ClFN4O3. The highest BCUT2D eigenvalue weighted by Crippen LogP contribution is 2.20. The van der Waals surface area contributed by atoms with E-state index in [9.17, 15) is 18.8 Å². The van der Waals surface area contributed by atoms with Crippen molar-refractivity contribution in [2.24, 2.45) is 0 Å². The molecule has 1 aromatic carbocycles. The number of hydrogen-bond acceptors (Lipinski definition) is 4. The first-order valence-corrected chi connectivity index (χ1v) is 7.29. The summed E-state index contributed by atoms with van der Waals surface area (Å²) in [6.45, 7) is 3.11. The largest absolute Gasteiger partial charge is 0.376 e. The molecule has 1 saturated heterocycles. The fourth-order valence-corrected chi connectivity index (χ4v) is 2.16. The number of amides is 4. The van der Waals surface area contributed by atoms with E-state index >= 15 is 0 Å². The molecule has 1 aliphatic rings. The molecule has 4 amide bonds. The average molecular weight is 343 g/mol. The normalized spacial score (nSPS) is 20.4. The van der Waals surface area contributed by atoms with Crippen LogP contribution in [0.15, 0.2) is 18.2 Å². The van der Waals surface area contributed by atoms with Crippen LogP contribution in [-0.4, -0.2) is 34.9 Å². The monoisotopic (exact) mass is 342 g/mol. The van der Waals surface area contributed by atoms with Gasteiger partial charge in [-0.05, 0) is 31.5 Å². The Morgan fingerprint density at radius 3 is 2.70 bits per heavy atom. The summed E-state index contributed by atoms with van der Waals surface area (Å²) in [6, 6.07) is 3.22. The predicted octanol–water partition coefficient (Wildman–Crippen LogP) is 1.64. The van der Waals surface area contributed by atoms with Gasteiger partial charge in [-0.15, -0.1) is 0 Å². The zero-order valence-electron chi connectivity index (χ0n) is 12.6. The molecule has 7 nitrogen and oxygen atoms in total. The molecule has 1 atom stereocenters. The van der Waals surface area contributed by atoms with Crippen LogP contribution < -0.4 is 16.1 Å². The van der Waals surface area contributed by atoms with E-state index < -0.39 is 29.2 Å². The molecule has 1 fully saturated rings. The number of benzene rings is 1. The highest BCUT2D eigenvalue weighted by molar-refractivity contribution is 6.31. The fraction of sp³-hybridized carbons (Fsp3) is 0.357. The third kappa shape index (κ3) is 3.53. The maximum atomic E-state index is 13.0. The lowest BCUT2D eigenvalue weighted by Gasteiger charge is -2.19. The highest BCUT2D eigenvalue weighted by Gasteiger charge is 2.47. The average Bonchev–Trinajstić information content (AvgIpc) is 2.72. The van der Waals surface area contributed by atoms with Gasteiger partial charge in [-0.2, -0.15) is 5.01 Å². The summed E-state index contributed by atoms with van der Waals surface area (Å²) in [6.07, 6.45) is 0.399. The van der Waals surface area contributed by atoms with Crippen LogP contribution in [0.5, 0.6) is 0 Å². The topological polar surface area (TPSA) is 90.5 Å². The van der Waals surface area contributed by atoms with Crippen molar-refractivity contribution in [2.45, 2.75) is 25.8 Å². The second-order valence-corrected chi connectivity index (χ2v) is 5.68. The van der Waals surface area contributed by atoms with E-state index in [4.69, 9.17) is 11.6 Å². The van der Waals surface area contributed by atoms with Crippen LogP contribution >= 0.6 is 11.6 Å². The Kier molecular flexibility index (Phi) is 4.74. The lowest BCUT2D eigenvalue weighted by atomic mass is 10.00. The van der Waals surface area contributed by atoms with E-state index in [1.807, 2.05) is 0 Å². The van der Waals surface area contributed by atoms with Crippen molar-refractivity contribution >= 4 is 35.1 Å². The van der Waals surface area contributed by atoms with E-state index in [1.54, 1.807) is 13.8 Å². The molecule has 0 bridgehead atoms. The second kappa shape index (κ2) is 6.41. The number of nitrogens with one attached hydrogen (secondary N) is 3. The van der Waals surface area contributed by atoms with Crippen molar-refractivity contribution in [3.05, 3.63) is 29.0 Å². The number of rotatable bonds is 5. The van der Waals surface area contributed by atoms with Crippen LogP contribution in [0, 0.1) is 5.82 Å². The van der Waals surface area contributed by atoms with Crippen molar-refractivity contribution in [3.63, 3.8) is 0 Å². The molecule has 0 radical (unpaired) electrons. The van der Waals surface area contributed by atoms with Crippen LogP contribution in [-0.2, 0) is 9.59 Å². The summed E-state index contributed by atoms with van der Waals surface area (Å²) >= 11 is 5.63. The molecule has 3 N–H and O–H groups in total. The molecule has 124 valence electrons. The maximum absolute atomic E-state index is 13.0. The van der Waals surface area contributed by atoms with Gasteiger partial charge in [0.25, 0.3) is 11.8 Å². The van der Waals surface area contributed by atoms with Gasteiger partial charge in [0.2, 0.25) is 0 Å². The number of imide groups is 1. The van der Waals surface area contributed by atoms with Crippen molar-refractivity contribution in [1.29, 1.82) is 0 Å². The number of urea groups is 1. The van der Waals surface area contributed by atoms with Crippen LogP contribution in [0.4, 0.5) is 14.9 Å². The zero-order valence-corrected chi connectivity index (χ0v) is 13.3. The molecule has 1 heterocycles. The number of nitrogens with zero attached hydrogens (tertiary/aromatic N) is 1. The first-order chi connectivity index (χ1) is 10.8. The predicted molar refractivity (Wildman–Crippen MR) is 82.1 cm³/mol. The van der Waals surface area contributed by atoms with Crippen molar-refractivity contribution < 1.29 is 18.8 Å². The quantitative estimate of drug-likeness (QED) is 0.710. The van der Waals surface area contributed by atoms with Crippen LogP contribution in [0.25, 0.3) is 0 Å². The Morgan fingerprint density at radius 1 is 1.43 bits per heavy atom. The SMILES string of the molecule is CCC1(C)NC(=O)N(NC(=O)CNc2ccc(F)c(Cl)c2)C1=O. The Bertz CT molecular complexity index is 669. The Labute approximate surface area is 137 Å². The summed E-state index contributed by atoms with van der Waals surface area (Å²) in [5.74, 6) is -1.70. The van der Waals surface area contributed by atoms with Gasteiger partial charge >= 0.3 is 6.03 Å². The Hall–Kier alpha value is -2.35. The van der Waals surface area contributed by atoms with E-state index in [1.165, 1.54) is 12.1 Å². The van der Waals surface area contributed by atoms with E-state index in [-0.39, 0.29) is 11.6 Å². The smallest absolute Gasteiger partial charge is 0.344 e. The molecule has 0 aliphatic carbocycles. The first-order valence-electron chi connectivity index (χ1n) is 6.92. The van der Waals surface area contributed by atoms with E-state index in [2.05, 4.69) is 16.1 Å². The lowest BCUT2D eigenvalue weighted by molar-refractivity contribution is -0.138. The standard InChI is InChI=1S/C14H16ClFN4O3/c1-3-14(2)12(22)20(13(23)18-14)19-11(21)7-17-8-4-5-10(16)9(15)6-8/h4-6,17H,3,7H2,1-2H3,(H,18,23)(H,19,21). The molecule has 23 heavy (non-hydrogen) atoms.